The number of carbonyl (C=O) groups excluding carboxylic acids is 3. The third-order valence-corrected chi connectivity index (χ3v) is 6.77. The molecule has 196 valence electrons. The van der Waals surface area contributed by atoms with Crippen LogP contribution in [0, 0.1) is 5.82 Å². The van der Waals surface area contributed by atoms with Gasteiger partial charge in [0.1, 0.15) is 5.82 Å². The van der Waals surface area contributed by atoms with Gasteiger partial charge in [-0.2, -0.15) is 0 Å². The molecule has 1 N–H and O–H groups in total. The monoisotopic (exact) mass is 534 g/mol. The Morgan fingerprint density at radius 3 is 2.53 bits per heavy atom. The lowest BCUT2D eigenvalue weighted by Crippen LogP contribution is -2.27. The summed E-state index contributed by atoms with van der Waals surface area (Å²) in [6.45, 7) is 3.74. The van der Waals surface area contributed by atoms with E-state index in [1.165, 1.54) is 19.2 Å². The van der Waals surface area contributed by atoms with Crippen LogP contribution >= 0.6 is 11.8 Å². The molecule has 3 amide bonds. The molecule has 0 unspecified atom stereocenters. The van der Waals surface area contributed by atoms with Crippen LogP contribution in [0.2, 0.25) is 0 Å². The molecule has 3 aromatic carbocycles. The predicted octanol–water partition coefficient (Wildman–Crippen LogP) is 6.21. The lowest BCUT2D eigenvalue weighted by atomic mass is 10.0. The minimum atomic E-state index is -0.499. The lowest BCUT2D eigenvalue weighted by molar-refractivity contribution is -0.123. The highest BCUT2D eigenvalue weighted by molar-refractivity contribution is 8.18. The quantitative estimate of drug-likeness (QED) is 0.329. The van der Waals surface area contributed by atoms with E-state index in [-0.39, 0.29) is 35.4 Å². The number of ether oxygens (including phenoxy) is 2. The zero-order valence-corrected chi connectivity index (χ0v) is 22.0. The predicted molar refractivity (Wildman–Crippen MR) is 146 cm³/mol. The fourth-order valence-corrected chi connectivity index (χ4v) is 4.76. The smallest absolute Gasteiger partial charge is 0.293 e. The van der Waals surface area contributed by atoms with Crippen molar-refractivity contribution in [1.29, 1.82) is 0 Å². The van der Waals surface area contributed by atoms with Crippen molar-refractivity contribution in [2.75, 3.05) is 19.0 Å². The van der Waals surface area contributed by atoms with Crippen molar-refractivity contribution in [3.05, 3.63) is 94.1 Å². The number of hydrogen-bond donors (Lipinski definition) is 1. The number of amides is 3. The van der Waals surface area contributed by atoms with Gasteiger partial charge in [0.05, 0.1) is 18.6 Å². The molecule has 0 radical (unpaired) electrons. The molecule has 0 aromatic heterocycles. The molecule has 0 saturated carbocycles. The maximum absolute atomic E-state index is 14.0. The van der Waals surface area contributed by atoms with E-state index < -0.39 is 17.0 Å². The average Bonchev–Trinajstić information content (AvgIpc) is 3.16. The van der Waals surface area contributed by atoms with Crippen LogP contribution in [-0.2, 0) is 16.1 Å². The van der Waals surface area contributed by atoms with Gasteiger partial charge in [-0.25, -0.2) is 4.39 Å². The van der Waals surface area contributed by atoms with Gasteiger partial charge in [-0.05, 0) is 59.1 Å². The number of anilines is 1. The second kappa shape index (κ2) is 12.0. The van der Waals surface area contributed by atoms with Crippen molar-refractivity contribution in [2.24, 2.45) is 0 Å². The summed E-state index contributed by atoms with van der Waals surface area (Å²) in [5.74, 6) is -0.326. The molecule has 3 aromatic rings. The molecule has 1 aliphatic rings. The van der Waals surface area contributed by atoms with Gasteiger partial charge in [-0.3, -0.25) is 19.3 Å². The molecule has 1 aliphatic heterocycles. The van der Waals surface area contributed by atoms with E-state index in [9.17, 15) is 18.8 Å². The van der Waals surface area contributed by atoms with E-state index in [0.717, 1.165) is 27.9 Å². The van der Waals surface area contributed by atoms with E-state index in [2.05, 4.69) is 19.2 Å². The van der Waals surface area contributed by atoms with E-state index in [1.807, 2.05) is 24.3 Å². The van der Waals surface area contributed by atoms with Crippen LogP contribution in [0.25, 0.3) is 6.08 Å². The molecule has 38 heavy (non-hydrogen) atoms. The van der Waals surface area contributed by atoms with Crippen LogP contribution in [0.5, 0.6) is 11.5 Å². The number of methoxy groups -OCH3 is 1. The van der Waals surface area contributed by atoms with Gasteiger partial charge >= 0.3 is 0 Å². The summed E-state index contributed by atoms with van der Waals surface area (Å²) in [7, 11) is 1.47. The van der Waals surface area contributed by atoms with Gasteiger partial charge < -0.3 is 14.8 Å². The standard InChI is InChI=1S/C29H27FN2O5S/c1-18(2)21-9-5-7-11-23(21)31-27(33)17-37-24-13-12-19(14-25(24)36-3)15-26-28(34)32(29(35)38-26)16-20-8-4-6-10-22(20)30/h4-15,18H,16-17H2,1-3H3,(H,31,33)/b26-15-. The lowest BCUT2D eigenvalue weighted by Gasteiger charge is -2.15. The molecule has 0 bridgehead atoms. The maximum Gasteiger partial charge on any atom is 0.293 e. The summed E-state index contributed by atoms with van der Waals surface area (Å²) in [5, 5.41) is 2.41. The van der Waals surface area contributed by atoms with Gasteiger partial charge in [0.2, 0.25) is 0 Å². The summed E-state index contributed by atoms with van der Waals surface area (Å²) in [4.78, 5) is 39.0. The van der Waals surface area contributed by atoms with Crippen molar-refractivity contribution in [1.82, 2.24) is 4.90 Å². The number of imide groups is 1. The summed E-state index contributed by atoms with van der Waals surface area (Å²) in [5.41, 5.74) is 2.63. The van der Waals surface area contributed by atoms with Crippen LogP contribution in [-0.4, -0.2) is 35.7 Å². The summed E-state index contributed by atoms with van der Waals surface area (Å²) in [6, 6.07) is 18.6. The molecular weight excluding hydrogens is 507 g/mol. The molecule has 4 rings (SSSR count). The summed E-state index contributed by atoms with van der Waals surface area (Å²) in [6.07, 6.45) is 1.56. The number of benzene rings is 3. The van der Waals surface area contributed by atoms with Crippen LogP contribution in [0.15, 0.2) is 71.6 Å². The Hall–Kier alpha value is -4.11. The summed E-state index contributed by atoms with van der Waals surface area (Å²) < 4.78 is 25.1. The fraction of sp³-hybridized carbons (Fsp3) is 0.207. The zero-order valence-electron chi connectivity index (χ0n) is 21.2. The minimum Gasteiger partial charge on any atom is -0.493 e. The Balaban J connectivity index is 1.43. The number of hydrogen-bond acceptors (Lipinski definition) is 6. The number of nitrogens with zero attached hydrogens (tertiary/aromatic N) is 1. The molecular formula is C29H27FN2O5S. The first-order chi connectivity index (χ1) is 18.3. The highest BCUT2D eigenvalue weighted by Crippen LogP contribution is 2.35. The minimum absolute atomic E-state index is 0.144. The third kappa shape index (κ3) is 6.23. The first-order valence-corrected chi connectivity index (χ1v) is 12.8. The Labute approximate surface area is 224 Å². The van der Waals surface area contributed by atoms with E-state index >= 15 is 0 Å². The van der Waals surface area contributed by atoms with Crippen molar-refractivity contribution in [2.45, 2.75) is 26.3 Å². The molecule has 9 heteroatoms. The van der Waals surface area contributed by atoms with E-state index in [4.69, 9.17) is 9.47 Å². The molecule has 0 atom stereocenters. The number of para-hydroxylation sites is 1. The Kier molecular flexibility index (Phi) is 8.48. The van der Waals surface area contributed by atoms with Crippen LogP contribution in [0.4, 0.5) is 14.9 Å². The first kappa shape index (κ1) is 26.9. The normalized spacial score (nSPS) is 14.3. The largest absolute Gasteiger partial charge is 0.493 e. The van der Waals surface area contributed by atoms with Crippen molar-refractivity contribution in [3.8, 4) is 11.5 Å². The zero-order chi connectivity index (χ0) is 27.2. The fourth-order valence-electron chi connectivity index (χ4n) is 3.92. The Bertz CT molecular complexity index is 1410. The molecule has 0 aliphatic carbocycles. The maximum atomic E-state index is 14.0. The van der Waals surface area contributed by atoms with Crippen molar-refractivity contribution >= 4 is 40.6 Å². The van der Waals surface area contributed by atoms with E-state index in [1.54, 1.807) is 36.4 Å². The second-order valence-electron chi connectivity index (χ2n) is 8.85. The van der Waals surface area contributed by atoms with E-state index in [0.29, 0.717) is 17.1 Å². The topological polar surface area (TPSA) is 84.9 Å². The van der Waals surface area contributed by atoms with Gasteiger partial charge in [-0.15, -0.1) is 0 Å². The van der Waals surface area contributed by atoms with Gasteiger partial charge in [0.25, 0.3) is 17.1 Å². The number of halogens is 1. The molecule has 1 heterocycles. The summed E-state index contributed by atoms with van der Waals surface area (Å²) >= 11 is 0.789. The molecule has 1 fully saturated rings. The van der Waals surface area contributed by atoms with Gasteiger partial charge in [0, 0.05) is 11.3 Å². The van der Waals surface area contributed by atoms with Crippen molar-refractivity contribution in [3.63, 3.8) is 0 Å². The second-order valence-corrected chi connectivity index (χ2v) is 9.84. The van der Waals surface area contributed by atoms with Gasteiger partial charge in [0.15, 0.2) is 18.1 Å². The highest BCUT2D eigenvalue weighted by Gasteiger charge is 2.35. The number of nitrogens with one attached hydrogen (secondary N) is 1. The molecule has 7 nitrogen and oxygen atoms in total. The highest BCUT2D eigenvalue weighted by atomic mass is 32.2. The van der Waals surface area contributed by atoms with Crippen LogP contribution in [0.1, 0.15) is 36.5 Å². The number of carbonyl (C=O) groups is 3. The van der Waals surface area contributed by atoms with Crippen LogP contribution < -0.4 is 14.8 Å². The Morgan fingerprint density at radius 2 is 1.79 bits per heavy atom. The van der Waals surface area contributed by atoms with Crippen LogP contribution in [0.3, 0.4) is 0 Å². The number of thioether (sulfide) groups is 1. The molecule has 1 saturated heterocycles. The Morgan fingerprint density at radius 1 is 1.05 bits per heavy atom. The SMILES string of the molecule is COc1cc(/C=C2\SC(=O)N(Cc3ccccc3F)C2=O)ccc1OCC(=O)Nc1ccccc1C(C)C. The van der Waals surface area contributed by atoms with Crippen molar-refractivity contribution < 1.29 is 28.2 Å². The third-order valence-electron chi connectivity index (χ3n) is 5.86. The first-order valence-electron chi connectivity index (χ1n) is 11.9. The van der Waals surface area contributed by atoms with Gasteiger partial charge in [-0.1, -0.05) is 56.3 Å². The molecule has 0 spiro atoms. The number of rotatable bonds is 9. The average molecular weight is 535 g/mol.